The summed E-state index contributed by atoms with van der Waals surface area (Å²) in [6, 6.07) is 0. The van der Waals surface area contributed by atoms with Crippen molar-refractivity contribution in [2.75, 3.05) is 39.5 Å². The summed E-state index contributed by atoms with van der Waals surface area (Å²) in [5.74, 6) is 0.736. The van der Waals surface area contributed by atoms with E-state index in [0.29, 0.717) is 26.2 Å². The summed E-state index contributed by atoms with van der Waals surface area (Å²) in [5.41, 5.74) is 0.437. The molecule has 22 heavy (non-hydrogen) atoms. The maximum atomic E-state index is 10.2. The van der Waals surface area contributed by atoms with Crippen molar-refractivity contribution in [1.29, 1.82) is 0 Å². The van der Waals surface area contributed by atoms with Crippen molar-refractivity contribution in [3.63, 3.8) is 0 Å². The highest BCUT2D eigenvalue weighted by Gasteiger charge is 2.60. The molecule has 2 aliphatic carbocycles. The summed E-state index contributed by atoms with van der Waals surface area (Å²) in [5, 5.41) is 28.3. The largest absolute Gasteiger partial charge is 0.395 e. The smallest absolute Gasteiger partial charge is 0.0900 e. The second-order valence-electron chi connectivity index (χ2n) is 8.03. The fourth-order valence-electron chi connectivity index (χ4n) is 4.81. The quantitative estimate of drug-likeness (QED) is 0.589. The second kappa shape index (κ2) is 7.14. The van der Waals surface area contributed by atoms with Crippen LogP contribution in [0.4, 0.5) is 0 Å². The Labute approximate surface area is 134 Å². The molecule has 0 aromatic heterocycles. The lowest BCUT2D eigenvalue weighted by Gasteiger charge is -2.42. The number of hydrogen-bond donors (Lipinski definition) is 3. The van der Waals surface area contributed by atoms with E-state index in [4.69, 9.17) is 14.9 Å². The van der Waals surface area contributed by atoms with Crippen LogP contribution in [0.2, 0.25) is 0 Å². The van der Waals surface area contributed by atoms with Gasteiger partial charge in [0, 0.05) is 19.6 Å². The van der Waals surface area contributed by atoms with Gasteiger partial charge in [0.15, 0.2) is 0 Å². The normalized spacial score (nSPS) is 34.5. The van der Waals surface area contributed by atoms with Crippen LogP contribution < -0.4 is 0 Å². The average Bonchev–Trinajstić information content (AvgIpc) is 2.90. The van der Waals surface area contributed by atoms with Crippen molar-refractivity contribution >= 4 is 0 Å². The lowest BCUT2D eigenvalue weighted by molar-refractivity contribution is -0.113. The van der Waals surface area contributed by atoms with E-state index < -0.39 is 6.10 Å². The predicted octanol–water partition coefficient (Wildman–Crippen LogP) is 0.865. The van der Waals surface area contributed by atoms with Gasteiger partial charge in [-0.25, -0.2) is 0 Å². The first-order chi connectivity index (χ1) is 10.3. The van der Waals surface area contributed by atoms with E-state index in [9.17, 15) is 5.11 Å². The Hall–Kier alpha value is -0.200. The van der Waals surface area contributed by atoms with Crippen molar-refractivity contribution in [2.24, 2.45) is 16.7 Å². The minimum absolute atomic E-state index is 0.0307. The third-order valence-electron chi connectivity index (χ3n) is 5.89. The Kier molecular flexibility index (Phi) is 5.89. The standard InChI is InChI=1S/C17H33NO4/c1-16(2)13-4-5-17(3,10-13)15(16)22-12-14(21)11-18(6-8-19)7-9-20/h13-15,19-21H,4-12H2,1-3H3. The number of aliphatic hydroxyl groups excluding tert-OH is 3. The van der Waals surface area contributed by atoms with Crippen LogP contribution in [-0.2, 0) is 4.74 Å². The molecule has 2 fully saturated rings. The first-order valence-electron chi connectivity index (χ1n) is 8.57. The first kappa shape index (κ1) is 18.1. The van der Waals surface area contributed by atoms with Crippen LogP contribution in [0, 0.1) is 16.7 Å². The molecule has 0 amide bonds. The van der Waals surface area contributed by atoms with Crippen molar-refractivity contribution in [3.05, 3.63) is 0 Å². The lowest BCUT2D eigenvalue weighted by Crippen LogP contribution is -2.45. The third-order valence-corrected chi connectivity index (χ3v) is 5.89. The number of ether oxygens (including phenoxy) is 1. The van der Waals surface area contributed by atoms with Gasteiger partial charge in [-0.2, -0.15) is 0 Å². The van der Waals surface area contributed by atoms with Gasteiger partial charge in [0.25, 0.3) is 0 Å². The zero-order valence-corrected chi connectivity index (χ0v) is 14.3. The minimum Gasteiger partial charge on any atom is -0.395 e. The molecule has 0 radical (unpaired) electrons. The molecule has 2 aliphatic rings. The van der Waals surface area contributed by atoms with Gasteiger partial charge < -0.3 is 20.1 Å². The summed E-state index contributed by atoms with van der Waals surface area (Å²) in [7, 11) is 0. The maximum Gasteiger partial charge on any atom is 0.0900 e. The number of rotatable bonds is 9. The van der Waals surface area contributed by atoms with Crippen LogP contribution in [0.3, 0.4) is 0 Å². The van der Waals surface area contributed by atoms with E-state index >= 15 is 0 Å². The highest BCUT2D eigenvalue weighted by Crippen LogP contribution is 2.63. The number of aliphatic hydroxyl groups is 3. The fraction of sp³-hybridized carbons (Fsp3) is 1.00. The zero-order chi connectivity index (χ0) is 16.4. The molecule has 3 N–H and O–H groups in total. The van der Waals surface area contributed by atoms with Gasteiger partial charge in [-0.1, -0.05) is 20.8 Å². The molecule has 0 aromatic rings. The third kappa shape index (κ3) is 3.65. The van der Waals surface area contributed by atoms with E-state index in [1.165, 1.54) is 19.3 Å². The van der Waals surface area contributed by atoms with Gasteiger partial charge in [-0.15, -0.1) is 0 Å². The van der Waals surface area contributed by atoms with Gasteiger partial charge in [-0.05, 0) is 36.0 Å². The molecule has 0 spiro atoms. The average molecular weight is 315 g/mol. The van der Waals surface area contributed by atoms with E-state index in [0.717, 1.165) is 5.92 Å². The van der Waals surface area contributed by atoms with E-state index in [-0.39, 0.29) is 30.1 Å². The molecule has 4 unspecified atom stereocenters. The number of fused-ring (bicyclic) bond motifs is 2. The van der Waals surface area contributed by atoms with Gasteiger partial charge in [0.2, 0.25) is 0 Å². The van der Waals surface area contributed by atoms with Crippen LogP contribution in [0.25, 0.3) is 0 Å². The fourth-order valence-corrected chi connectivity index (χ4v) is 4.81. The van der Waals surface area contributed by atoms with Crippen LogP contribution in [0.1, 0.15) is 40.0 Å². The Morgan fingerprint density at radius 2 is 1.82 bits per heavy atom. The molecule has 0 aromatic carbocycles. The van der Waals surface area contributed by atoms with Crippen LogP contribution in [-0.4, -0.2) is 71.9 Å². The Balaban J connectivity index is 1.84. The molecule has 2 rings (SSSR count). The molecular weight excluding hydrogens is 282 g/mol. The molecule has 130 valence electrons. The van der Waals surface area contributed by atoms with Gasteiger partial charge in [0.05, 0.1) is 32.0 Å². The molecule has 0 aliphatic heterocycles. The maximum absolute atomic E-state index is 10.2. The second-order valence-corrected chi connectivity index (χ2v) is 8.03. The number of hydrogen-bond acceptors (Lipinski definition) is 5. The highest BCUT2D eigenvalue weighted by molar-refractivity contribution is 5.09. The molecule has 2 saturated carbocycles. The summed E-state index contributed by atoms with van der Waals surface area (Å²) < 4.78 is 6.17. The highest BCUT2D eigenvalue weighted by atomic mass is 16.5. The molecule has 5 nitrogen and oxygen atoms in total. The predicted molar refractivity (Wildman–Crippen MR) is 85.6 cm³/mol. The number of nitrogens with zero attached hydrogens (tertiary/aromatic N) is 1. The van der Waals surface area contributed by atoms with E-state index in [1.807, 2.05) is 4.90 Å². The lowest BCUT2D eigenvalue weighted by atomic mass is 9.70. The molecular formula is C17H33NO4. The Morgan fingerprint density at radius 1 is 1.18 bits per heavy atom. The Morgan fingerprint density at radius 3 is 2.32 bits per heavy atom. The van der Waals surface area contributed by atoms with Gasteiger partial charge >= 0.3 is 0 Å². The molecule has 2 bridgehead atoms. The minimum atomic E-state index is -0.586. The summed E-state index contributed by atoms with van der Waals surface area (Å²) in [6.07, 6.45) is 3.38. The molecule has 0 heterocycles. The Bertz CT molecular complexity index is 352. The molecule has 0 saturated heterocycles. The van der Waals surface area contributed by atoms with Crippen LogP contribution in [0.15, 0.2) is 0 Å². The van der Waals surface area contributed by atoms with Crippen molar-refractivity contribution in [2.45, 2.75) is 52.2 Å². The topological polar surface area (TPSA) is 73.2 Å². The van der Waals surface area contributed by atoms with Crippen LogP contribution >= 0.6 is 0 Å². The van der Waals surface area contributed by atoms with Gasteiger partial charge in [-0.3, -0.25) is 4.90 Å². The van der Waals surface area contributed by atoms with Gasteiger partial charge in [0.1, 0.15) is 0 Å². The SMILES string of the molecule is CC12CCC(C1)C(C)(C)C2OCC(O)CN(CCO)CCO. The van der Waals surface area contributed by atoms with Crippen molar-refractivity contribution < 1.29 is 20.1 Å². The molecule has 5 heteroatoms. The van der Waals surface area contributed by atoms with Crippen molar-refractivity contribution in [1.82, 2.24) is 4.90 Å². The van der Waals surface area contributed by atoms with Crippen LogP contribution in [0.5, 0.6) is 0 Å². The first-order valence-corrected chi connectivity index (χ1v) is 8.57. The summed E-state index contributed by atoms with van der Waals surface area (Å²) >= 11 is 0. The van der Waals surface area contributed by atoms with Crippen molar-refractivity contribution in [3.8, 4) is 0 Å². The zero-order valence-electron chi connectivity index (χ0n) is 14.3. The van der Waals surface area contributed by atoms with E-state index in [1.54, 1.807) is 0 Å². The monoisotopic (exact) mass is 315 g/mol. The summed E-state index contributed by atoms with van der Waals surface area (Å²) in [4.78, 5) is 1.86. The summed E-state index contributed by atoms with van der Waals surface area (Å²) in [6.45, 7) is 8.65. The molecule has 4 atom stereocenters. The van der Waals surface area contributed by atoms with E-state index in [2.05, 4.69) is 20.8 Å².